The van der Waals surface area contributed by atoms with E-state index < -0.39 is 41.7 Å². The van der Waals surface area contributed by atoms with Crippen molar-refractivity contribution < 1.29 is 32.6 Å². The highest BCUT2D eigenvalue weighted by molar-refractivity contribution is 7.18. The van der Waals surface area contributed by atoms with Crippen LogP contribution in [-0.4, -0.2) is 40.8 Å². The number of benzene rings is 1. The minimum atomic E-state index is -5.15. The van der Waals surface area contributed by atoms with Crippen molar-refractivity contribution in [2.45, 2.75) is 56.3 Å². The van der Waals surface area contributed by atoms with Crippen molar-refractivity contribution in [3.05, 3.63) is 29.3 Å². The summed E-state index contributed by atoms with van der Waals surface area (Å²) < 4.78 is 46.0. The number of carbonyl (C=O) groups is 2. The Balaban J connectivity index is 1.65. The van der Waals surface area contributed by atoms with E-state index in [1.165, 1.54) is 6.07 Å². The molecule has 1 heterocycles. The second-order valence-corrected chi connectivity index (χ2v) is 8.12. The molecule has 0 bridgehead atoms. The molecule has 1 aliphatic rings. The van der Waals surface area contributed by atoms with Crippen LogP contribution < -0.4 is 5.32 Å². The zero-order valence-corrected chi connectivity index (χ0v) is 16.3. The predicted octanol–water partition coefficient (Wildman–Crippen LogP) is 3.43. The summed E-state index contributed by atoms with van der Waals surface area (Å²) in [5.74, 6) is -1.90. The Morgan fingerprint density at radius 2 is 1.90 bits per heavy atom. The van der Waals surface area contributed by atoms with Crippen LogP contribution in [0, 0.1) is 0 Å². The van der Waals surface area contributed by atoms with Gasteiger partial charge in [0.1, 0.15) is 5.01 Å². The van der Waals surface area contributed by atoms with Crippen molar-refractivity contribution in [3.63, 3.8) is 0 Å². The maximum absolute atomic E-state index is 13.6. The number of carbonyl (C=O) groups excluding carboxylic acids is 2. The van der Waals surface area contributed by atoms with Crippen molar-refractivity contribution in [2.24, 2.45) is 0 Å². The van der Waals surface area contributed by atoms with E-state index in [1.807, 2.05) is 0 Å². The van der Waals surface area contributed by atoms with Gasteiger partial charge in [-0.25, -0.2) is 4.98 Å². The highest BCUT2D eigenvalue weighted by Crippen LogP contribution is 2.44. The van der Waals surface area contributed by atoms with Crippen LogP contribution in [-0.2, 0) is 19.9 Å². The summed E-state index contributed by atoms with van der Waals surface area (Å²) in [4.78, 5) is 27.7. The number of fused-ring (bicyclic) bond motifs is 1. The number of ether oxygens (including phenoxy) is 1. The first kappa shape index (κ1) is 21.5. The number of hydrogen-bond acceptors (Lipinski definition) is 6. The zero-order valence-electron chi connectivity index (χ0n) is 15.5. The van der Waals surface area contributed by atoms with E-state index in [-0.39, 0.29) is 11.6 Å². The highest BCUT2D eigenvalue weighted by Gasteiger charge is 2.58. The third kappa shape index (κ3) is 5.05. The van der Waals surface area contributed by atoms with Gasteiger partial charge in [-0.1, -0.05) is 31.4 Å². The Kier molecular flexibility index (Phi) is 6.42. The smallest absolute Gasteiger partial charge is 0.424 e. The SMILES string of the molecule is O=C(COC(=O)CC(O)(c1nc2ccccc2s1)C(F)(F)F)NC1CCCCC1. The molecule has 0 aliphatic heterocycles. The van der Waals surface area contributed by atoms with Crippen molar-refractivity contribution in [1.29, 1.82) is 0 Å². The van der Waals surface area contributed by atoms with Crippen molar-refractivity contribution in [1.82, 2.24) is 10.3 Å². The molecule has 0 spiro atoms. The second-order valence-electron chi connectivity index (χ2n) is 7.08. The normalized spacial score (nSPS) is 17.7. The Hall–Kier alpha value is -2.20. The lowest BCUT2D eigenvalue weighted by molar-refractivity contribution is -0.269. The first-order valence-corrected chi connectivity index (χ1v) is 10.1. The summed E-state index contributed by atoms with van der Waals surface area (Å²) in [7, 11) is 0. The second kappa shape index (κ2) is 8.66. The summed E-state index contributed by atoms with van der Waals surface area (Å²) in [5.41, 5.74) is -3.21. The molecule has 0 radical (unpaired) electrons. The third-order valence-corrected chi connectivity index (χ3v) is 6.04. The molecule has 10 heteroatoms. The minimum Gasteiger partial charge on any atom is -0.455 e. The monoisotopic (exact) mass is 430 g/mol. The van der Waals surface area contributed by atoms with E-state index in [1.54, 1.807) is 18.2 Å². The first-order chi connectivity index (χ1) is 13.7. The van der Waals surface area contributed by atoms with Crippen LogP contribution in [0.2, 0.25) is 0 Å². The molecule has 2 aromatic rings. The Labute approximate surface area is 169 Å². The van der Waals surface area contributed by atoms with E-state index in [4.69, 9.17) is 4.74 Å². The number of halogens is 3. The van der Waals surface area contributed by atoms with Gasteiger partial charge in [-0.2, -0.15) is 13.2 Å². The first-order valence-electron chi connectivity index (χ1n) is 9.29. The number of aromatic nitrogens is 1. The highest BCUT2D eigenvalue weighted by atomic mass is 32.1. The quantitative estimate of drug-likeness (QED) is 0.686. The van der Waals surface area contributed by atoms with Crippen molar-refractivity contribution >= 4 is 33.4 Å². The van der Waals surface area contributed by atoms with Gasteiger partial charge >= 0.3 is 12.1 Å². The van der Waals surface area contributed by atoms with Crippen LogP contribution in [0.25, 0.3) is 10.2 Å². The number of nitrogens with zero attached hydrogens (tertiary/aromatic N) is 1. The van der Waals surface area contributed by atoms with Gasteiger partial charge in [0, 0.05) is 6.04 Å². The molecule has 1 aliphatic carbocycles. The fourth-order valence-electron chi connectivity index (χ4n) is 3.27. The summed E-state index contributed by atoms with van der Waals surface area (Å²) >= 11 is 0.653. The fourth-order valence-corrected chi connectivity index (χ4v) is 4.34. The van der Waals surface area contributed by atoms with E-state index in [0.717, 1.165) is 32.1 Å². The molecule has 1 unspecified atom stereocenters. The number of aliphatic hydroxyl groups is 1. The van der Waals surface area contributed by atoms with Gasteiger partial charge in [0.05, 0.1) is 16.6 Å². The van der Waals surface area contributed by atoms with E-state index >= 15 is 0 Å². The third-order valence-electron chi connectivity index (χ3n) is 4.85. The summed E-state index contributed by atoms with van der Waals surface area (Å²) in [6.45, 7) is -0.691. The topological polar surface area (TPSA) is 88.5 Å². The standard InChI is InChI=1S/C19H21F3N2O4S/c20-19(21,22)18(27,17-24-13-8-4-5-9-14(13)29-17)10-16(26)28-11-15(25)23-12-6-2-1-3-7-12/h4-5,8-9,12,27H,1-3,6-7,10-11H2,(H,23,25). The van der Waals surface area contributed by atoms with Crippen LogP contribution >= 0.6 is 11.3 Å². The number of rotatable bonds is 6. The van der Waals surface area contributed by atoms with Crippen LogP contribution in [0.1, 0.15) is 43.5 Å². The lowest BCUT2D eigenvalue weighted by Crippen LogP contribution is -2.45. The number of esters is 1. The molecule has 1 aromatic heterocycles. The van der Waals surface area contributed by atoms with E-state index in [9.17, 15) is 27.9 Å². The van der Waals surface area contributed by atoms with Gasteiger partial charge in [-0.3, -0.25) is 9.59 Å². The molecule has 3 rings (SSSR count). The number of alkyl halides is 3. The number of thiazole rings is 1. The molecule has 1 fully saturated rings. The molecular formula is C19H21F3N2O4S. The summed E-state index contributed by atoms with van der Waals surface area (Å²) in [5, 5.41) is 12.4. The number of amides is 1. The number of para-hydroxylation sites is 1. The zero-order chi connectivity index (χ0) is 21.1. The van der Waals surface area contributed by atoms with Crippen molar-refractivity contribution in [3.8, 4) is 0 Å². The van der Waals surface area contributed by atoms with E-state index in [0.29, 0.717) is 16.0 Å². The predicted molar refractivity (Wildman–Crippen MR) is 100 cm³/mol. The Morgan fingerprint density at radius 1 is 1.21 bits per heavy atom. The molecule has 0 saturated heterocycles. The van der Waals surface area contributed by atoms with E-state index in [2.05, 4.69) is 10.3 Å². The molecule has 2 N–H and O–H groups in total. The van der Waals surface area contributed by atoms with Crippen molar-refractivity contribution in [2.75, 3.05) is 6.61 Å². The fraction of sp³-hybridized carbons (Fsp3) is 0.526. The summed E-state index contributed by atoms with van der Waals surface area (Å²) in [6, 6.07) is 6.32. The molecule has 1 saturated carbocycles. The maximum atomic E-state index is 13.6. The molecule has 1 aromatic carbocycles. The Bertz CT molecular complexity index is 847. The van der Waals surface area contributed by atoms with Gasteiger partial charge in [-0.05, 0) is 25.0 Å². The van der Waals surface area contributed by atoms with Crippen LogP contribution in [0.4, 0.5) is 13.2 Å². The number of hydrogen-bond donors (Lipinski definition) is 2. The average molecular weight is 430 g/mol. The lowest BCUT2D eigenvalue weighted by Gasteiger charge is -2.27. The van der Waals surface area contributed by atoms with Gasteiger partial charge in [-0.15, -0.1) is 11.3 Å². The maximum Gasteiger partial charge on any atom is 0.424 e. The molecule has 158 valence electrons. The van der Waals surface area contributed by atoms with Gasteiger partial charge in [0.15, 0.2) is 6.61 Å². The Morgan fingerprint density at radius 3 is 2.55 bits per heavy atom. The average Bonchev–Trinajstić information content (AvgIpc) is 3.11. The van der Waals surface area contributed by atoms with Gasteiger partial charge in [0.25, 0.3) is 5.91 Å². The van der Waals surface area contributed by atoms with Crippen LogP contribution in [0.3, 0.4) is 0 Å². The largest absolute Gasteiger partial charge is 0.455 e. The van der Waals surface area contributed by atoms with Gasteiger partial charge in [0.2, 0.25) is 5.60 Å². The van der Waals surface area contributed by atoms with Crippen LogP contribution in [0.5, 0.6) is 0 Å². The molecule has 1 amide bonds. The minimum absolute atomic E-state index is 0.00944. The van der Waals surface area contributed by atoms with Crippen LogP contribution in [0.15, 0.2) is 24.3 Å². The molecule has 1 atom stereocenters. The molecular weight excluding hydrogens is 409 g/mol. The molecule has 29 heavy (non-hydrogen) atoms. The lowest BCUT2D eigenvalue weighted by atomic mass is 9.95. The van der Waals surface area contributed by atoms with Gasteiger partial charge < -0.3 is 15.2 Å². The summed E-state index contributed by atoms with van der Waals surface area (Å²) in [6.07, 6.45) is -1.80. The number of nitrogens with one attached hydrogen (secondary N) is 1. The molecule has 6 nitrogen and oxygen atoms in total.